The Labute approximate surface area is 124 Å². The zero-order valence-electron chi connectivity index (χ0n) is 11.7. The Bertz CT molecular complexity index is 412. The van der Waals surface area contributed by atoms with Crippen molar-refractivity contribution in [3.05, 3.63) is 35.9 Å². The summed E-state index contributed by atoms with van der Waals surface area (Å²) in [5.74, 6) is 1.13. The lowest BCUT2D eigenvalue weighted by Crippen LogP contribution is -2.46. The summed E-state index contributed by atoms with van der Waals surface area (Å²) in [6, 6.07) is 9.02. The largest absolute Gasteiger partial charge is 0.344 e. The molecule has 0 saturated heterocycles. The SMILES string of the molecule is CCCC(N)C(=O)NC(C=O)CSCc1ccccc1. The predicted octanol–water partition coefficient (Wildman–Crippen LogP) is 1.73. The molecule has 0 radical (unpaired) electrons. The second-order valence-electron chi connectivity index (χ2n) is 4.65. The number of carbonyl (C=O) groups excluding carboxylic acids is 2. The van der Waals surface area contributed by atoms with Crippen molar-refractivity contribution in [1.29, 1.82) is 0 Å². The second-order valence-corrected chi connectivity index (χ2v) is 5.68. The summed E-state index contributed by atoms with van der Waals surface area (Å²) in [7, 11) is 0. The highest BCUT2D eigenvalue weighted by atomic mass is 32.2. The Hall–Kier alpha value is -1.33. The van der Waals surface area contributed by atoms with Gasteiger partial charge in [0.15, 0.2) is 0 Å². The minimum absolute atomic E-state index is 0.246. The van der Waals surface area contributed by atoms with Gasteiger partial charge in [0, 0.05) is 11.5 Å². The smallest absolute Gasteiger partial charge is 0.237 e. The molecule has 1 amide bonds. The fourth-order valence-electron chi connectivity index (χ4n) is 1.72. The number of amides is 1. The Balaban J connectivity index is 2.32. The molecule has 4 nitrogen and oxygen atoms in total. The standard InChI is InChI=1S/C15H22N2O2S/c1-2-6-14(16)15(19)17-13(9-18)11-20-10-12-7-4-3-5-8-12/h3-5,7-9,13-14H,2,6,10-11,16H2,1H3,(H,17,19). The van der Waals surface area contributed by atoms with Gasteiger partial charge in [-0.1, -0.05) is 43.7 Å². The van der Waals surface area contributed by atoms with E-state index in [1.165, 1.54) is 5.56 Å². The number of thioether (sulfide) groups is 1. The van der Waals surface area contributed by atoms with Gasteiger partial charge in [-0.3, -0.25) is 4.79 Å². The molecule has 1 rings (SSSR count). The highest BCUT2D eigenvalue weighted by Gasteiger charge is 2.16. The maximum Gasteiger partial charge on any atom is 0.237 e. The number of nitrogens with one attached hydrogen (secondary N) is 1. The average molecular weight is 294 g/mol. The zero-order valence-corrected chi connectivity index (χ0v) is 12.6. The van der Waals surface area contributed by atoms with Crippen molar-refractivity contribution < 1.29 is 9.59 Å². The fourth-order valence-corrected chi connectivity index (χ4v) is 2.69. The summed E-state index contributed by atoms with van der Waals surface area (Å²) >= 11 is 1.62. The van der Waals surface area contributed by atoms with Gasteiger partial charge >= 0.3 is 0 Å². The van der Waals surface area contributed by atoms with Gasteiger partial charge in [0.25, 0.3) is 0 Å². The average Bonchev–Trinajstić information content (AvgIpc) is 2.47. The van der Waals surface area contributed by atoms with Gasteiger partial charge in [-0.05, 0) is 12.0 Å². The van der Waals surface area contributed by atoms with Crippen molar-refractivity contribution >= 4 is 24.0 Å². The summed E-state index contributed by atoms with van der Waals surface area (Å²) in [4.78, 5) is 22.7. The van der Waals surface area contributed by atoms with E-state index >= 15 is 0 Å². The molecule has 0 aliphatic carbocycles. The van der Waals surface area contributed by atoms with Crippen LogP contribution in [0.4, 0.5) is 0 Å². The van der Waals surface area contributed by atoms with Crippen LogP contribution in [0.25, 0.3) is 0 Å². The number of hydrogen-bond acceptors (Lipinski definition) is 4. The molecular formula is C15H22N2O2S. The van der Waals surface area contributed by atoms with Crippen molar-refractivity contribution in [3.63, 3.8) is 0 Å². The Kier molecular flexibility index (Phi) is 7.99. The summed E-state index contributed by atoms with van der Waals surface area (Å²) in [6.45, 7) is 1.97. The van der Waals surface area contributed by atoms with E-state index in [0.29, 0.717) is 12.2 Å². The molecule has 1 aromatic carbocycles. The first-order valence-corrected chi connectivity index (χ1v) is 7.95. The van der Waals surface area contributed by atoms with E-state index in [-0.39, 0.29) is 5.91 Å². The third kappa shape index (κ3) is 6.21. The Morgan fingerprint density at radius 2 is 2.10 bits per heavy atom. The van der Waals surface area contributed by atoms with Gasteiger partial charge in [0.05, 0.1) is 12.1 Å². The molecule has 2 unspecified atom stereocenters. The number of nitrogens with two attached hydrogens (primary N) is 1. The molecular weight excluding hydrogens is 272 g/mol. The molecule has 0 spiro atoms. The van der Waals surface area contributed by atoms with Crippen LogP contribution < -0.4 is 11.1 Å². The van der Waals surface area contributed by atoms with Gasteiger partial charge in [-0.25, -0.2) is 0 Å². The molecule has 0 saturated carbocycles. The number of hydrogen-bond donors (Lipinski definition) is 2. The lowest BCUT2D eigenvalue weighted by atomic mass is 10.1. The first-order valence-electron chi connectivity index (χ1n) is 6.80. The molecule has 2 atom stereocenters. The van der Waals surface area contributed by atoms with Crippen LogP contribution in [0.1, 0.15) is 25.3 Å². The number of benzene rings is 1. The second kappa shape index (κ2) is 9.55. The van der Waals surface area contributed by atoms with E-state index in [1.807, 2.05) is 37.3 Å². The van der Waals surface area contributed by atoms with Crippen molar-refractivity contribution in [2.75, 3.05) is 5.75 Å². The van der Waals surface area contributed by atoms with Crippen molar-refractivity contribution in [2.45, 2.75) is 37.6 Å². The Morgan fingerprint density at radius 1 is 1.40 bits per heavy atom. The monoisotopic (exact) mass is 294 g/mol. The van der Waals surface area contributed by atoms with Crippen LogP contribution in [0.5, 0.6) is 0 Å². The summed E-state index contributed by atoms with van der Waals surface area (Å²) in [5, 5.41) is 2.68. The van der Waals surface area contributed by atoms with Crippen LogP contribution in [0.3, 0.4) is 0 Å². The van der Waals surface area contributed by atoms with Crippen molar-refractivity contribution in [2.24, 2.45) is 5.73 Å². The molecule has 0 heterocycles. The third-order valence-electron chi connectivity index (χ3n) is 2.84. The molecule has 1 aromatic rings. The maximum atomic E-state index is 11.7. The molecule has 0 aromatic heterocycles. The molecule has 0 aliphatic heterocycles. The Morgan fingerprint density at radius 3 is 2.70 bits per heavy atom. The summed E-state index contributed by atoms with van der Waals surface area (Å²) in [5.41, 5.74) is 6.92. The van der Waals surface area contributed by atoms with Gasteiger partial charge in [0.2, 0.25) is 5.91 Å². The molecule has 0 bridgehead atoms. The first-order chi connectivity index (χ1) is 9.67. The lowest BCUT2D eigenvalue weighted by molar-refractivity contribution is -0.124. The lowest BCUT2D eigenvalue weighted by Gasteiger charge is -2.16. The third-order valence-corrected chi connectivity index (χ3v) is 3.97. The van der Waals surface area contributed by atoms with E-state index in [9.17, 15) is 9.59 Å². The van der Waals surface area contributed by atoms with Crippen LogP contribution in [0, 0.1) is 0 Å². The van der Waals surface area contributed by atoms with Crippen molar-refractivity contribution in [1.82, 2.24) is 5.32 Å². The van der Waals surface area contributed by atoms with Crippen LogP contribution in [0.15, 0.2) is 30.3 Å². The van der Waals surface area contributed by atoms with E-state index in [0.717, 1.165) is 18.5 Å². The molecule has 0 aliphatic rings. The number of rotatable bonds is 9. The highest BCUT2D eigenvalue weighted by Crippen LogP contribution is 2.12. The van der Waals surface area contributed by atoms with Gasteiger partial charge in [0.1, 0.15) is 6.29 Å². The predicted molar refractivity (Wildman–Crippen MR) is 83.5 cm³/mol. The molecule has 20 heavy (non-hydrogen) atoms. The normalized spacial score (nSPS) is 13.5. The number of carbonyl (C=O) groups is 2. The summed E-state index contributed by atoms with van der Waals surface area (Å²) in [6.07, 6.45) is 2.26. The van der Waals surface area contributed by atoms with Crippen LogP contribution in [0.2, 0.25) is 0 Å². The molecule has 5 heteroatoms. The van der Waals surface area contributed by atoms with Gasteiger partial charge in [-0.15, -0.1) is 0 Å². The summed E-state index contributed by atoms with van der Waals surface area (Å²) < 4.78 is 0. The topological polar surface area (TPSA) is 72.2 Å². The minimum atomic E-state index is -0.526. The van der Waals surface area contributed by atoms with E-state index in [4.69, 9.17) is 5.73 Å². The minimum Gasteiger partial charge on any atom is -0.344 e. The molecule has 110 valence electrons. The quantitative estimate of drug-likeness (QED) is 0.680. The van der Waals surface area contributed by atoms with E-state index in [1.54, 1.807) is 11.8 Å². The maximum absolute atomic E-state index is 11.7. The molecule has 0 fully saturated rings. The van der Waals surface area contributed by atoms with Gasteiger partial charge < -0.3 is 15.8 Å². The van der Waals surface area contributed by atoms with Gasteiger partial charge in [-0.2, -0.15) is 11.8 Å². The van der Waals surface area contributed by atoms with Crippen molar-refractivity contribution in [3.8, 4) is 0 Å². The van der Waals surface area contributed by atoms with E-state index < -0.39 is 12.1 Å². The van der Waals surface area contributed by atoms with Crippen LogP contribution >= 0.6 is 11.8 Å². The zero-order chi connectivity index (χ0) is 14.8. The first kappa shape index (κ1) is 16.7. The number of aldehydes is 1. The van der Waals surface area contributed by atoms with Crippen LogP contribution in [-0.2, 0) is 15.3 Å². The van der Waals surface area contributed by atoms with E-state index in [2.05, 4.69) is 5.32 Å². The van der Waals surface area contributed by atoms with Crippen LogP contribution in [-0.4, -0.2) is 30.0 Å². The fraction of sp³-hybridized carbons (Fsp3) is 0.467. The molecule has 3 N–H and O–H groups in total. The highest BCUT2D eigenvalue weighted by molar-refractivity contribution is 7.98.